The van der Waals surface area contributed by atoms with Crippen LogP contribution in [-0.2, 0) is 6.54 Å². The summed E-state index contributed by atoms with van der Waals surface area (Å²) in [6, 6.07) is 12.3. The quantitative estimate of drug-likeness (QED) is 0.343. The Morgan fingerprint density at radius 1 is 1.16 bits per heavy atom. The predicted octanol–water partition coefficient (Wildman–Crippen LogP) is 3.48. The van der Waals surface area contributed by atoms with E-state index in [0.717, 1.165) is 24.1 Å². The number of hydrogen-bond acceptors (Lipinski definition) is 5. The molecule has 1 heterocycles. The number of nitrogens with zero attached hydrogens (tertiary/aromatic N) is 1. The summed E-state index contributed by atoms with van der Waals surface area (Å²) in [6.07, 6.45) is 2.39. The minimum atomic E-state index is -0.505. The molecular formula is C22H25ClN6O2. The molecule has 0 radical (unpaired) electrons. The number of urea groups is 1. The Morgan fingerprint density at radius 3 is 2.61 bits per heavy atom. The van der Waals surface area contributed by atoms with E-state index in [2.05, 4.69) is 25.9 Å². The molecule has 2 aromatic carbocycles. The number of aromatic nitrogens is 2. The van der Waals surface area contributed by atoms with E-state index in [1.54, 1.807) is 18.2 Å². The van der Waals surface area contributed by atoms with Gasteiger partial charge in [0.25, 0.3) is 5.56 Å². The van der Waals surface area contributed by atoms with Gasteiger partial charge in [-0.1, -0.05) is 41.4 Å². The van der Waals surface area contributed by atoms with Gasteiger partial charge in [0.2, 0.25) is 5.95 Å². The fourth-order valence-corrected chi connectivity index (χ4v) is 3.13. The molecule has 0 spiro atoms. The zero-order valence-corrected chi connectivity index (χ0v) is 17.9. The highest BCUT2D eigenvalue weighted by Gasteiger charge is 2.10. The van der Waals surface area contributed by atoms with Gasteiger partial charge in [-0.3, -0.25) is 10.1 Å². The lowest BCUT2D eigenvalue weighted by molar-refractivity contribution is 0.262. The number of carbonyl (C=O) groups excluding carboxylic acids is 1. The largest absolute Gasteiger partial charge is 0.331 e. The molecule has 162 valence electrons. The van der Waals surface area contributed by atoms with Crippen molar-refractivity contribution in [3.63, 3.8) is 0 Å². The van der Waals surface area contributed by atoms with E-state index >= 15 is 0 Å². The second kappa shape index (κ2) is 10.7. The summed E-state index contributed by atoms with van der Waals surface area (Å²) in [4.78, 5) is 31.4. The van der Waals surface area contributed by atoms with Gasteiger partial charge in [-0.15, -0.1) is 0 Å². The monoisotopic (exact) mass is 440 g/mol. The number of carbonyl (C=O) groups is 1. The summed E-state index contributed by atoms with van der Waals surface area (Å²) in [5, 5.41) is 9.02. The molecule has 0 aliphatic rings. The number of amides is 2. The van der Waals surface area contributed by atoms with E-state index in [9.17, 15) is 9.59 Å². The van der Waals surface area contributed by atoms with Crippen molar-refractivity contribution in [2.24, 2.45) is 5.73 Å². The number of H-pyrrole nitrogens is 1. The van der Waals surface area contributed by atoms with Crippen LogP contribution in [0, 0.1) is 6.92 Å². The van der Waals surface area contributed by atoms with Gasteiger partial charge >= 0.3 is 6.03 Å². The molecule has 8 nitrogen and oxygen atoms in total. The lowest BCUT2D eigenvalue weighted by Gasteiger charge is -2.09. The molecule has 0 fully saturated rings. The van der Waals surface area contributed by atoms with Crippen molar-refractivity contribution in [2.75, 3.05) is 23.7 Å². The highest BCUT2D eigenvalue weighted by molar-refractivity contribution is 6.31. The van der Waals surface area contributed by atoms with Crippen molar-refractivity contribution in [1.82, 2.24) is 15.3 Å². The average molecular weight is 441 g/mol. The summed E-state index contributed by atoms with van der Waals surface area (Å²) < 4.78 is 0. The van der Waals surface area contributed by atoms with Crippen molar-refractivity contribution in [3.8, 4) is 11.1 Å². The number of benzene rings is 2. The van der Waals surface area contributed by atoms with Crippen molar-refractivity contribution >= 4 is 29.3 Å². The van der Waals surface area contributed by atoms with Gasteiger partial charge in [0, 0.05) is 23.5 Å². The summed E-state index contributed by atoms with van der Waals surface area (Å²) >= 11 is 6.37. The standard InChI is InChI=1S/C22H25ClN6O2/c1-14-3-7-17(8-4-14)27-22(31)29-21-26-13-18(20(30)28-21)15-5-6-16(19(23)11-15)12-25-10-2-9-24/h3-8,11,13,25H,2,9-10,12,24H2,1H3,(H3,26,27,28,29,30,31). The SMILES string of the molecule is Cc1ccc(NC(=O)Nc2nc(=O)c(-c3ccc(CNCCCN)c(Cl)c3)c[nH]2)cc1. The molecule has 9 heteroatoms. The molecule has 3 rings (SSSR count). The van der Waals surface area contributed by atoms with Gasteiger partial charge in [-0.05, 0) is 55.8 Å². The Bertz CT molecular complexity index is 1100. The lowest BCUT2D eigenvalue weighted by Crippen LogP contribution is -2.23. The third-order valence-electron chi connectivity index (χ3n) is 4.58. The number of aryl methyl sites for hydroxylation is 1. The Labute approximate surface area is 185 Å². The maximum absolute atomic E-state index is 12.5. The number of anilines is 2. The van der Waals surface area contributed by atoms with Crippen LogP contribution in [0.5, 0.6) is 0 Å². The molecule has 0 bridgehead atoms. The van der Waals surface area contributed by atoms with E-state index in [-0.39, 0.29) is 5.95 Å². The first-order chi connectivity index (χ1) is 15.0. The van der Waals surface area contributed by atoms with Crippen LogP contribution in [0.2, 0.25) is 5.02 Å². The number of rotatable bonds is 8. The van der Waals surface area contributed by atoms with Crippen LogP contribution in [0.4, 0.5) is 16.4 Å². The summed E-state index contributed by atoms with van der Waals surface area (Å²) in [5.41, 5.74) is 8.65. The first kappa shape index (κ1) is 22.5. The maximum Gasteiger partial charge on any atom is 0.326 e. The first-order valence-electron chi connectivity index (χ1n) is 9.90. The molecule has 1 aromatic heterocycles. The van der Waals surface area contributed by atoms with Crippen LogP contribution in [0.15, 0.2) is 53.5 Å². The highest BCUT2D eigenvalue weighted by Crippen LogP contribution is 2.23. The lowest BCUT2D eigenvalue weighted by atomic mass is 10.1. The Hall–Kier alpha value is -3.20. The summed E-state index contributed by atoms with van der Waals surface area (Å²) in [7, 11) is 0. The maximum atomic E-state index is 12.5. The normalized spacial score (nSPS) is 10.7. The highest BCUT2D eigenvalue weighted by atomic mass is 35.5. The molecule has 0 saturated carbocycles. The topological polar surface area (TPSA) is 125 Å². The summed E-state index contributed by atoms with van der Waals surface area (Å²) in [5.74, 6) is 0.0465. The van der Waals surface area contributed by atoms with E-state index < -0.39 is 11.6 Å². The van der Waals surface area contributed by atoms with Crippen molar-refractivity contribution in [1.29, 1.82) is 0 Å². The molecule has 0 saturated heterocycles. The minimum absolute atomic E-state index is 0.0465. The van der Waals surface area contributed by atoms with Gasteiger partial charge in [0.1, 0.15) is 0 Å². The van der Waals surface area contributed by atoms with Crippen molar-refractivity contribution < 1.29 is 4.79 Å². The molecule has 2 amide bonds. The van der Waals surface area contributed by atoms with Gasteiger partial charge in [-0.2, -0.15) is 4.98 Å². The number of nitrogens with two attached hydrogens (primary N) is 1. The fraction of sp³-hybridized carbons (Fsp3) is 0.227. The molecule has 6 N–H and O–H groups in total. The molecule has 3 aromatic rings. The number of aromatic amines is 1. The van der Waals surface area contributed by atoms with Crippen LogP contribution >= 0.6 is 11.6 Å². The zero-order chi connectivity index (χ0) is 22.2. The number of halogens is 1. The number of hydrogen-bond donors (Lipinski definition) is 5. The van der Waals surface area contributed by atoms with Gasteiger partial charge in [0.15, 0.2) is 0 Å². The predicted molar refractivity (Wildman–Crippen MR) is 125 cm³/mol. The molecule has 0 aliphatic heterocycles. The molecular weight excluding hydrogens is 416 g/mol. The minimum Gasteiger partial charge on any atom is -0.331 e. The van der Waals surface area contributed by atoms with Gasteiger partial charge < -0.3 is 21.4 Å². The first-order valence-corrected chi connectivity index (χ1v) is 10.3. The van der Waals surface area contributed by atoms with E-state index in [4.69, 9.17) is 17.3 Å². The number of nitrogens with one attached hydrogen (secondary N) is 4. The zero-order valence-electron chi connectivity index (χ0n) is 17.2. The van der Waals surface area contributed by atoms with Crippen LogP contribution in [-0.4, -0.2) is 29.1 Å². The Kier molecular flexibility index (Phi) is 7.77. The van der Waals surface area contributed by atoms with E-state index in [1.165, 1.54) is 6.20 Å². The van der Waals surface area contributed by atoms with E-state index in [1.807, 2.05) is 31.2 Å². The van der Waals surface area contributed by atoms with Crippen LogP contribution in [0.3, 0.4) is 0 Å². The third kappa shape index (κ3) is 6.39. The average Bonchev–Trinajstić information content (AvgIpc) is 2.74. The molecule has 0 aliphatic carbocycles. The van der Waals surface area contributed by atoms with Crippen molar-refractivity contribution in [2.45, 2.75) is 19.9 Å². The van der Waals surface area contributed by atoms with Gasteiger partial charge in [-0.25, -0.2) is 4.79 Å². The van der Waals surface area contributed by atoms with Crippen LogP contribution in [0.1, 0.15) is 17.5 Å². The van der Waals surface area contributed by atoms with Crippen LogP contribution < -0.4 is 27.2 Å². The van der Waals surface area contributed by atoms with E-state index in [0.29, 0.717) is 34.9 Å². The smallest absolute Gasteiger partial charge is 0.326 e. The fourth-order valence-electron chi connectivity index (χ4n) is 2.88. The summed E-state index contributed by atoms with van der Waals surface area (Å²) in [6.45, 7) is 4.02. The second-order valence-corrected chi connectivity index (χ2v) is 7.45. The molecule has 31 heavy (non-hydrogen) atoms. The Morgan fingerprint density at radius 2 is 1.94 bits per heavy atom. The van der Waals surface area contributed by atoms with Gasteiger partial charge in [0.05, 0.1) is 5.56 Å². The molecule has 0 atom stereocenters. The van der Waals surface area contributed by atoms with Crippen LogP contribution in [0.25, 0.3) is 11.1 Å². The van der Waals surface area contributed by atoms with Crippen molar-refractivity contribution in [3.05, 3.63) is 75.2 Å². The second-order valence-electron chi connectivity index (χ2n) is 7.04. The third-order valence-corrected chi connectivity index (χ3v) is 4.93. The Balaban J connectivity index is 1.66. The molecule has 0 unspecified atom stereocenters.